The maximum Gasteiger partial charge on any atom is 0.317 e. The van der Waals surface area contributed by atoms with Crippen LogP contribution in [0.3, 0.4) is 0 Å². The molecule has 2 rings (SSSR count). The molecule has 1 aromatic carbocycles. The van der Waals surface area contributed by atoms with Gasteiger partial charge in [-0.1, -0.05) is 17.2 Å². The number of carbonyl (C=O) groups is 3. The molecule has 1 heterocycles. The summed E-state index contributed by atoms with van der Waals surface area (Å²) >= 11 is 5.38. The summed E-state index contributed by atoms with van der Waals surface area (Å²) in [5.74, 6) is -3.02. The first-order valence-electron chi connectivity index (χ1n) is 16.0. The molecule has 0 aliphatic carbocycles. The van der Waals surface area contributed by atoms with Gasteiger partial charge in [0.2, 0.25) is 0 Å². The van der Waals surface area contributed by atoms with Gasteiger partial charge < -0.3 is 44.9 Å². The van der Waals surface area contributed by atoms with E-state index in [0.717, 1.165) is 11.3 Å². The molecule has 19 heteroatoms. The second-order valence-electron chi connectivity index (χ2n) is 11.0. The minimum Gasteiger partial charge on any atom is -0.480 e. The molecule has 5 N–H and O–H groups in total. The van der Waals surface area contributed by atoms with Crippen LogP contribution in [0.2, 0.25) is 0 Å². The molecule has 1 saturated heterocycles. The summed E-state index contributed by atoms with van der Waals surface area (Å²) in [6.07, 6.45) is 0.468. The van der Waals surface area contributed by atoms with Gasteiger partial charge in [-0.05, 0) is 41.9 Å². The third kappa shape index (κ3) is 20.5. The van der Waals surface area contributed by atoms with Crippen molar-refractivity contribution in [1.29, 1.82) is 0 Å². The van der Waals surface area contributed by atoms with E-state index in [0.29, 0.717) is 110 Å². The largest absolute Gasteiger partial charge is 0.480 e. The van der Waals surface area contributed by atoms with Gasteiger partial charge in [-0.3, -0.25) is 29.1 Å². The average molecular weight is 713 g/mol. The van der Waals surface area contributed by atoms with E-state index < -0.39 is 17.9 Å². The highest BCUT2D eigenvalue weighted by atomic mass is 32.1. The maximum absolute atomic E-state index is 11.7. The first-order chi connectivity index (χ1) is 23.7. The summed E-state index contributed by atoms with van der Waals surface area (Å²) in [5, 5.41) is 38.3. The topological polar surface area (TPSA) is 231 Å². The molecule has 1 atom stereocenters. The van der Waals surface area contributed by atoms with Crippen LogP contribution in [-0.4, -0.2) is 177 Å². The van der Waals surface area contributed by atoms with Crippen LogP contribution in [0.15, 0.2) is 29.4 Å². The number of carboxylic acid groups (broad SMARTS) is 3. The summed E-state index contributed by atoms with van der Waals surface area (Å²) in [4.78, 5) is 42.5. The highest BCUT2D eigenvalue weighted by molar-refractivity contribution is 7.80. The summed E-state index contributed by atoms with van der Waals surface area (Å²) in [7, 11) is 0. The molecule has 0 bridgehead atoms. The van der Waals surface area contributed by atoms with Crippen LogP contribution >= 0.6 is 12.2 Å². The van der Waals surface area contributed by atoms with Crippen molar-refractivity contribution >= 4 is 40.9 Å². The van der Waals surface area contributed by atoms with E-state index >= 15 is 0 Å². The fourth-order valence-corrected chi connectivity index (χ4v) is 5.15. The molecule has 1 unspecified atom stereocenters. The highest BCUT2D eigenvalue weighted by Gasteiger charge is 2.28. The molecule has 0 aromatic heterocycles. The number of hydrogen-bond donors (Lipinski definition) is 5. The molecular weight excluding hydrogens is 664 g/mol. The standard InChI is InChI=1S/C30H48N8O10S/c31-35-33-6-12-46-14-16-48-18-17-47-15-13-45-11-5-32-30(49)34-25-3-1-24(2-4-25)19-26-20-37(22-28(41)42)8-7-36(21-27(39)40)9-10-38(26)23-29(43)44/h1-4,26H,5-23H2,(H,39,40)(H,41,42)(H,43,44)(H2,32,34,49). The van der Waals surface area contributed by atoms with Gasteiger partial charge in [0.05, 0.1) is 72.5 Å². The quantitative estimate of drug-likeness (QED) is 0.0322. The lowest BCUT2D eigenvalue weighted by molar-refractivity contribution is -0.140. The Morgan fingerprint density at radius 1 is 0.796 bits per heavy atom. The van der Waals surface area contributed by atoms with Crippen molar-refractivity contribution in [1.82, 2.24) is 20.0 Å². The number of aliphatic carboxylic acids is 3. The normalized spacial score (nSPS) is 16.1. The van der Waals surface area contributed by atoms with Gasteiger partial charge in [0, 0.05) is 62.5 Å². The Morgan fingerprint density at radius 2 is 1.33 bits per heavy atom. The van der Waals surface area contributed by atoms with E-state index in [4.69, 9.17) is 36.7 Å². The van der Waals surface area contributed by atoms with Gasteiger partial charge in [-0.25, -0.2) is 0 Å². The Bertz CT molecular complexity index is 1190. The zero-order valence-electron chi connectivity index (χ0n) is 27.6. The van der Waals surface area contributed by atoms with Gasteiger partial charge in [-0.2, -0.15) is 0 Å². The molecule has 1 aliphatic heterocycles. The van der Waals surface area contributed by atoms with Gasteiger partial charge >= 0.3 is 17.9 Å². The maximum atomic E-state index is 11.7. The Morgan fingerprint density at radius 3 is 1.92 bits per heavy atom. The molecule has 18 nitrogen and oxygen atoms in total. The number of rotatable bonds is 24. The monoisotopic (exact) mass is 712 g/mol. The number of anilines is 1. The number of benzene rings is 1. The van der Waals surface area contributed by atoms with Crippen molar-refractivity contribution in [2.75, 3.05) is 124 Å². The second kappa shape index (κ2) is 25.3. The van der Waals surface area contributed by atoms with Crippen molar-refractivity contribution < 1.29 is 48.7 Å². The van der Waals surface area contributed by atoms with Gasteiger partial charge in [0.25, 0.3) is 0 Å². The SMILES string of the molecule is [N-]=[N+]=NCCOCCOCCOCCOCCNC(=S)Nc1ccc(CC2CN(CC(=O)O)CCN(CC(=O)O)CCN2CC(=O)O)cc1. The summed E-state index contributed by atoms with van der Waals surface area (Å²) in [6.45, 7) is 5.15. The van der Waals surface area contributed by atoms with Crippen LogP contribution in [0.4, 0.5) is 5.69 Å². The van der Waals surface area contributed by atoms with Crippen LogP contribution in [0, 0.1) is 0 Å². The minimum absolute atomic E-state index is 0.210. The molecule has 0 radical (unpaired) electrons. The molecule has 274 valence electrons. The summed E-state index contributed by atoms with van der Waals surface area (Å²) in [6, 6.07) is 7.23. The third-order valence-electron chi connectivity index (χ3n) is 7.21. The van der Waals surface area contributed by atoms with Crippen LogP contribution in [0.1, 0.15) is 5.56 Å². The van der Waals surface area contributed by atoms with Crippen molar-refractivity contribution in [3.05, 3.63) is 40.3 Å². The van der Waals surface area contributed by atoms with E-state index in [1.165, 1.54) is 0 Å². The van der Waals surface area contributed by atoms with Crippen molar-refractivity contribution in [3.8, 4) is 0 Å². The van der Waals surface area contributed by atoms with Crippen LogP contribution in [0.5, 0.6) is 0 Å². The molecule has 0 amide bonds. The van der Waals surface area contributed by atoms with Gasteiger partial charge in [0.15, 0.2) is 5.11 Å². The molecule has 1 fully saturated rings. The van der Waals surface area contributed by atoms with E-state index in [1.807, 2.05) is 24.3 Å². The molecule has 0 saturated carbocycles. The number of hydrogen-bond acceptors (Lipinski definition) is 12. The first-order valence-corrected chi connectivity index (χ1v) is 16.4. The smallest absolute Gasteiger partial charge is 0.317 e. The number of thiocarbonyl (C=S) groups is 1. The number of azide groups is 1. The predicted molar refractivity (Wildman–Crippen MR) is 183 cm³/mol. The van der Waals surface area contributed by atoms with Crippen LogP contribution < -0.4 is 10.6 Å². The highest BCUT2D eigenvalue weighted by Crippen LogP contribution is 2.16. The number of ether oxygens (including phenoxy) is 4. The number of nitrogens with zero attached hydrogens (tertiary/aromatic N) is 6. The van der Waals surface area contributed by atoms with Gasteiger partial charge in [-0.15, -0.1) is 0 Å². The lowest BCUT2D eigenvalue weighted by atomic mass is 10.0. The Balaban J connectivity index is 1.73. The van der Waals surface area contributed by atoms with Crippen LogP contribution in [0.25, 0.3) is 10.4 Å². The number of carboxylic acids is 3. The molecule has 49 heavy (non-hydrogen) atoms. The Labute approximate surface area is 290 Å². The molecule has 1 aliphatic rings. The van der Waals surface area contributed by atoms with Crippen molar-refractivity contribution in [2.24, 2.45) is 5.11 Å². The average Bonchev–Trinajstić information content (AvgIpc) is 3.11. The third-order valence-corrected chi connectivity index (χ3v) is 7.45. The van der Waals surface area contributed by atoms with E-state index in [1.54, 1.807) is 14.7 Å². The Hall–Kier alpha value is -3.65. The van der Waals surface area contributed by atoms with E-state index in [9.17, 15) is 29.7 Å². The predicted octanol–water partition coefficient (Wildman–Crippen LogP) is 0.434. The van der Waals surface area contributed by atoms with Crippen molar-refractivity contribution in [2.45, 2.75) is 12.5 Å². The minimum atomic E-state index is -1.01. The lowest BCUT2D eigenvalue weighted by Gasteiger charge is -2.33. The Kier molecular flexibility index (Phi) is 21.5. The zero-order chi connectivity index (χ0) is 35.7. The lowest BCUT2D eigenvalue weighted by Crippen LogP contribution is -2.49. The van der Waals surface area contributed by atoms with Crippen molar-refractivity contribution in [3.63, 3.8) is 0 Å². The summed E-state index contributed by atoms with van der Waals surface area (Å²) < 4.78 is 21.6. The fraction of sp³-hybridized carbons (Fsp3) is 0.667. The van der Waals surface area contributed by atoms with Crippen LogP contribution in [-0.2, 0) is 39.8 Å². The van der Waals surface area contributed by atoms with E-state index in [2.05, 4.69) is 20.7 Å². The summed E-state index contributed by atoms with van der Waals surface area (Å²) in [5.41, 5.74) is 9.85. The fourth-order valence-electron chi connectivity index (χ4n) is 4.93. The molecule has 0 spiro atoms. The number of nitrogens with one attached hydrogen (secondary N) is 2. The van der Waals surface area contributed by atoms with E-state index in [-0.39, 0.29) is 25.7 Å². The molecule has 1 aromatic rings. The second-order valence-corrected chi connectivity index (χ2v) is 11.4. The zero-order valence-corrected chi connectivity index (χ0v) is 28.4. The van der Waals surface area contributed by atoms with Gasteiger partial charge in [0.1, 0.15) is 0 Å². The first kappa shape index (κ1) is 41.5. The molecular formula is C30H48N8O10S.